The molecule has 1 saturated carbocycles. The normalized spacial score (nSPS) is 23.1. The fraction of sp³-hybridized carbons (Fsp3) is 0.500. The van der Waals surface area contributed by atoms with E-state index in [1.165, 1.54) is 13.0 Å². The molecule has 6 heteroatoms. The first-order chi connectivity index (χ1) is 8.49. The molecule has 2 rings (SSSR count). The van der Waals surface area contributed by atoms with E-state index in [-0.39, 0.29) is 11.4 Å². The number of nitro benzene ring substituents is 1. The van der Waals surface area contributed by atoms with Crippen molar-refractivity contribution in [2.24, 2.45) is 0 Å². The number of aliphatic hydroxyl groups is 1. The number of nitro groups is 1. The Bertz CT molecular complexity index is 477. The molecule has 2 unspecified atom stereocenters. The van der Waals surface area contributed by atoms with E-state index in [0.717, 1.165) is 12.5 Å². The topological polar surface area (TPSA) is 72.6 Å². The van der Waals surface area contributed by atoms with E-state index in [9.17, 15) is 19.6 Å². The molecular formula is C12H14FNO4. The predicted molar refractivity (Wildman–Crippen MR) is 62.1 cm³/mol. The number of ether oxygens (including phenoxy) is 1. The largest absolute Gasteiger partial charge is 0.485 e. The minimum absolute atomic E-state index is 0.0379. The summed E-state index contributed by atoms with van der Waals surface area (Å²) in [6, 6.07) is 2.16. The van der Waals surface area contributed by atoms with Crippen molar-refractivity contribution in [3.63, 3.8) is 0 Å². The first-order valence-electron chi connectivity index (χ1n) is 5.78. The van der Waals surface area contributed by atoms with Crippen LogP contribution >= 0.6 is 0 Å². The highest BCUT2D eigenvalue weighted by Crippen LogP contribution is 2.30. The SMILES string of the molecule is Cc1cc(OC2CCCC2O)c(F)cc1[N+](=O)[O-]. The highest BCUT2D eigenvalue weighted by atomic mass is 19.1. The lowest BCUT2D eigenvalue weighted by atomic mass is 10.2. The molecule has 98 valence electrons. The highest BCUT2D eigenvalue weighted by molar-refractivity contribution is 5.45. The Morgan fingerprint density at radius 3 is 2.78 bits per heavy atom. The predicted octanol–water partition coefficient (Wildman–Crippen LogP) is 2.33. The van der Waals surface area contributed by atoms with Crippen LogP contribution in [0.3, 0.4) is 0 Å². The molecule has 1 aromatic rings. The molecule has 0 aromatic heterocycles. The molecule has 1 aliphatic carbocycles. The second-order valence-electron chi connectivity index (χ2n) is 4.48. The van der Waals surface area contributed by atoms with Crippen LogP contribution in [-0.2, 0) is 0 Å². The monoisotopic (exact) mass is 255 g/mol. The van der Waals surface area contributed by atoms with Gasteiger partial charge in [-0.15, -0.1) is 0 Å². The zero-order chi connectivity index (χ0) is 13.3. The lowest BCUT2D eigenvalue weighted by molar-refractivity contribution is -0.385. The molecule has 0 radical (unpaired) electrons. The first-order valence-corrected chi connectivity index (χ1v) is 5.78. The maximum Gasteiger partial charge on any atom is 0.275 e. The van der Waals surface area contributed by atoms with Crippen LogP contribution in [0.4, 0.5) is 10.1 Å². The van der Waals surface area contributed by atoms with Crippen LogP contribution < -0.4 is 4.74 Å². The molecule has 18 heavy (non-hydrogen) atoms. The summed E-state index contributed by atoms with van der Waals surface area (Å²) < 4.78 is 19.0. The number of halogens is 1. The van der Waals surface area contributed by atoms with Crippen molar-refractivity contribution in [2.45, 2.75) is 38.4 Å². The van der Waals surface area contributed by atoms with Gasteiger partial charge in [0.25, 0.3) is 5.69 Å². The Hall–Kier alpha value is -1.69. The Kier molecular flexibility index (Phi) is 3.47. The van der Waals surface area contributed by atoms with Crippen LogP contribution in [-0.4, -0.2) is 22.2 Å². The van der Waals surface area contributed by atoms with Crippen LogP contribution in [0.25, 0.3) is 0 Å². The number of aliphatic hydroxyl groups excluding tert-OH is 1. The minimum Gasteiger partial charge on any atom is -0.485 e. The van der Waals surface area contributed by atoms with Gasteiger partial charge in [0.05, 0.1) is 17.1 Å². The van der Waals surface area contributed by atoms with E-state index in [1.807, 2.05) is 0 Å². The van der Waals surface area contributed by atoms with Gasteiger partial charge in [0.1, 0.15) is 6.10 Å². The van der Waals surface area contributed by atoms with Gasteiger partial charge in [0.15, 0.2) is 11.6 Å². The highest BCUT2D eigenvalue weighted by Gasteiger charge is 2.28. The van der Waals surface area contributed by atoms with Crippen molar-refractivity contribution in [1.82, 2.24) is 0 Å². The summed E-state index contributed by atoms with van der Waals surface area (Å²) in [5, 5.41) is 20.2. The lowest BCUT2D eigenvalue weighted by Crippen LogP contribution is -2.26. The van der Waals surface area contributed by atoms with Crippen LogP contribution in [0.15, 0.2) is 12.1 Å². The van der Waals surface area contributed by atoms with Gasteiger partial charge in [-0.1, -0.05) is 0 Å². The van der Waals surface area contributed by atoms with Gasteiger partial charge < -0.3 is 9.84 Å². The molecule has 1 N–H and O–H groups in total. The molecule has 0 saturated heterocycles. The molecule has 0 heterocycles. The van der Waals surface area contributed by atoms with E-state index in [1.54, 1.807) is 0 Å². The zero-order valence-corrected chi connectivity index (χ0v) is 9.93. The molecule has 2 atom stereocenters. The third kappa shape index (κ3) is 2.43. The first kappa shape index (κ1) is 12.8. The molecule has 0 aliphatic heterocycles. The van der Waals surface area contributed by atoms with Gasteiger partial charge in [-0.05, 0) is 32.3 Å². The maximum absolute atomic E-state index is 13.7. The van der Waals surface area contributed by atoms with E-state index in [0.29, 0.717) is 18.4 Å². The molecule has 1 aliphatic rings. The number of rotatable bonds is 3. The second-order valence-corrected chi connectivity index (χ2v) is 4.48. The molecule has 0 bridgehead atoms. The summed E-state index contributed by atoms with van der Waals surface area (Å²) in [5.74, 6) is -0.810. The Morgan fingerprint density at radius 1 is 1.50 bits per heavy atom. The van der Waals surface area contributed by atoms with E-state index >= 15 is 0 Å². The quantitative estimate of drug-likeness (QED) is 0.664. The number of benzene rings is 1. The van der Waals surface area contributed by atoms with Gasteiger partial charge in [0.2, 0.25) is 0 Å². The van der Waals surface area contributed by atoms with Crippen LogP contribution in [0, 0.1) is 22.9 Å². The molecule has 0 amide bonds. The van der Waals surface area contributed by atoms with E-state index in [4.69, 9.17) is 4.74 Å². The van der Waals surface area contributed by atoms with Gasteiger partial charge in [0, 0.05) is 5.56 Å². The lowest BCUT2D eigenvalue weighted by Gasteiger charge is -2.17. The fourth-order valence-electron chi connectivity index (χ4n) is 2.14. The summed E-state index contributed by atoms with van der Waals surface area (Å²) in [7, 11) is 0. The number of aryl methyl sites for hydroxylation is 1. The van der Waals surface area contributed by atoms with Crippen molar-refractivity contribution < 1.29 is 19.2 Å². The Labute approximate surface area is 103 Å². The standard InChI is InChI=1S/C12H14FNO4/c1-7-5-12(8(13)6-9(7)14(16)17)18-11-4-2-3-10(11)15/h5-6,10-11,15H,2-4H2,1H3. The van der Waals surface area contributed by atoms with Crippen LogP contribution in [0.5, 0.6) is 5.75 Å². The Morgan fingerprint density at radius 2 is 2.22 bits per heavy atom. The molecule has 1 aromatic carbocycles. The Balaban J connectivity index is 2.23. The van der Waals surface area contributed by atoms with Gasteiger partial charge in [-0.3, -0.25) is 10.1 Å². The maximum atomic E-state index is 13.7. The number of hydrogen-bond donors (Lipinski definition) is 1. The average molecular weight is 255 g/mol. The molecular weight excluding hydrogens is 241 g/mol. The summed E-state index contributed by atoms with van der Waals surface area (Å²) >= 11 is 0. The van der Waals surface area contributed by atoms with Crippen molar-refractivity contribution in [3.05, 3.63) is 33.6 Å². The minimum atomic E-state index is -0.772. The molecule has 1 fully saturated rings. The zero-order valence-electron chi connectivity index (χ0n) is 9.93. The molecule has 0 spiro atoms. The van der Waals surface area contributed by atoms with Gasteiger partial charge in [-0.2, -0.15) is 0 Å². The number of nitrogens with zero attached hydrogens (tertiary/aromatic N) is 1. The van der Waals surface area contributed by atoms with Crippen molar-refractivity contribution in [1.29, 1.82) is 0 Å². The molecule has 5 nitrogen and oxygen atoms in total. The summed E-state index contributed by atoms with van der Waals surface area (Å²) in [5.41, 5.74) is 0.0655. The van der Waals surface area contributed by atoms with Crippen molar-refractivity contribution >= 4 is 5.69 Å². The van der Waals surface area contributed by atoms with E-state index in [2.05, 4.69) is 0 Å². The van der Waals surface area contributed by atoms with Gasteiger partial charge >= 0.3 is 0 Å². The van der Waals surface area contributed by atoms with Gasteiger partial charge in [-0.25, -0.2) is 4.39 Å². The van der Waals surface area contributed by atoms with Crippen LogP contribution in [0.2, 0.25) is 0 Å². The summed E-state index contributed by atoms with van der Waals surface area (Å²) in [4.78, 5) is 10.0. The summed E-state index contributed by atoms with van der Waals surface area (Å²) in [6.07, 6.45) is 1.11. The number of hydrogen-bond acceptors (Lipinski definition) is 4. The second kappa shape index (κ2) is 4.89. The van der Waals surface area contributed by atoms with Crippen molar-refractivity contribution in [2.75, 3.05) is 0 Å². The summed E-state index contributed by atoms with van der Waals surface area (Å²) in [6.45, 7) is 1.52. The third-order valence-corrected chi connectivity index (χ3v) is 3.14. The van der Waals surface area contributed by atoms with Crippen LogP contribution in [0.1, 0.15) is 24.8 Å². The average Bonchev–Trinajstić information content (AvgIpc) is 2.69. The van der Waals surface area contributed by atoms with E-state index < -0.39 is 22.9 Å². The third-order valence-electron chi connectivity index (χ3n) is 3.14. The van der Waals surface area contributed by atoms with Crippen molar-refractivity contribution in [3.8, 4) is 5.75 Å². The fourth-order valence-corrected chi connectivity index (χ4v) is 2.14. The smallest absolute Gasteiger partial charge is 0.275 e.